The zero-order valence-electron chi connectivity index (χ0n) is 12.4. The van der Waals surface area contributed by atoms with Gasteiger partial charge in [0.15, 0.2) is 0 Å². The Bertz CT molecular complexity index is 1040. The quantitative estimate of drug-likeness (QED) is 0.690. The Morgan fingerprint density at radius 3 is 2.48 bits per heavy atom. The van der Waals surface area contributed by atoms with Crippen LogP contribution in [0, 0.1) is 0 Å². The molecule has 0 radical (unpaired) electrons. The molecule has 0 saturated carbocycles. The molecule has 25 heavy (non-hydrogen) atoms. The molecule has 3 rings (SSSR count). The zero-order valence-corrected chi connectivity index (χ0v) is 13.3. The number of hydrogen-bond acceptors (Lipinski definition) is 4. The van der Waals surface area contributed by atoms with Gasteiger partial charge < -0.3 is 5.11 Å². The lowest BCUT2D eigenvalue weighted by molar-refractivity contribution is -0.137. The number of para-hydroxylation sites is 1. The normalized spacial score (nSPS) is 12.3. The Morgan fingerprint density at radius 1 is 1.04 bits per heavy atom. The van der Waals surface area contributed by atoms with Gasteiger partial charge in [-0.15, -0.1) is 0 Å². The number of rotatable bonds is 3. The first-order valence-corrected chi connectivity index (χ1v) is 8.43. The maximum absolute atomic E-state index is 12.8. The third-order valence-corrected chi connectivity index (χ3v) is 4.85. The van der Waals surface area contributed by atoms with Crippen LogP contribution >= 0.6 is 0 Å². The summed E-state index contributed by atoms with van der Waals surface area (Å²) in [4.78, 5) is 3.80. The van der Waals surface area contributed by atoms with E-state index < -0.39 is 33.2 Å². The number of phenolic OH excluding ortho intramolecular Hbond substituents is 1. The zero-order chi connectivity index (χ0) is 18.2. The fraction of sp³-hybridized carbons (Fsp3) is 0.0625. The van der Waals surface area contributed by atoms with Crippen LogP contribution in [0.1, 0.15) is 5.56 Å². The van der Waals surface area contributed by atoms with Crippen LogP contribution in [-0.4, -0.2) is 18.5 Å². The van der Waals surface area contributed by atoms with Crippen LogP contribution in [0.5, 0.6) is 5.75 Å². The van der Waals surface area contributed by atoms with Gasteiger partial charge in [0.25, 0.3) is 10.0 Å². The Hall–Kier alpha value is -2.81. The number of aromatic nitrogens is 1. The predicted octanol–water partition coefficient (Wildman–Crippen LogP) is 3.76. The molecular formula is C16H11F3N2O3S. The van der Waals surface area contributed by atoms with Gasteiger partial charge in [0.1, 0.15) is 10.6 Å². The number of sulfonamides is 1. The van der Waals surface area contributed by atoms with Gasteiger partial charge in [0.2, 0.25) is 0 Å². The van der Waals surface area contributed by atoms with E-state index in [0.717, 1.165) is 6.07 Å². The number of alkyl halides is 3. The SMILES string of the molecule is O=S(=O)(Nc1cc(C(F)(F)F)ccc1O)c1cccc2cccnc12. The van der Waals surface area contributed by atoms with Gasteiger partial charge in [-0.05, 0) is 30.3 Å². The first kappa shape index (κ1) is 17.0. The van der Waals surface area contributed by atoms with Gasteiger partial charge in [-0.1, -0.05) is 18.2 Å². The molecule has 0 saturated heterocycles. The predicted molar refractivity (Wildman–Crippen MR) is 85.7 cm³/mol. The van der Waals surface area contributed by atoms with Gasteiger partial charge in [0.05, 0.1) is 16.8 Å². The molecule has 0 aliphatic heterocycles. The van der Waals surface area contributed by atoms with E-state index in [9.17, 15) is 26.7 Å². The Morgan fingerprint density at radius 2 is 1.76 bits per heavy atom. The van der Waals surface area contributed by atoms with E-state index in [1.54, 1.807) is 18.2 Å². The molecular weight excluding hydrogens is 357 g/mol. The highest BCUT2D eigenvalue weighted by Crippen LogP contribution is 2.35. The maximum atomic E-state index is 12.8. The first-order valence-electron chi connectivity index (χ1n) is 6.95. The molecule has 0 spiro atoms. The molecule has 0 amide bonds. The van der Waals surface area contributed by atoms with Crippen molar-refractivity contribution in [2.75, 3.05) is 4.72 Å². The standard InChI is InChI=1S/C16H11F3N2O3S/c17-16(18,19)11-6-7-13(22)12(9-11)21-25(23,24)14-5-1-3-10-4-2-8-20-15(10)14/h1-9,21-22H. The number of anilines is 1. The Balaban J connectivity index is 2.08. The van der Waals surface area contributed by atoms with E-state index in [2.05, 4.69) is 4.98 Å². The summed E-state index contributed by atoms with van der Waals surface area (Å²) < 4.78 is 65.5. The molecule has 1 heterocycles. The third kappa shape index (κ3) is 3.36. The lowest BCUT2D eigenvalue weighted by atomic mass is 10.2. The number of phenols is 1. The summed E-state index contributed by atoms with van der Waals surface area (Å²) in [6.45, 7) is 0. The number of benzene rings is 2. The van der Waals surface area contributed by atoms with E-state index in [1.807, 2.05) is 4.72 Å². The largest absolute Gasteiger partial charge is 0.506 e. The minimum Gasteiger partial charge on any atom is -0.506 e. The highest BCUT2D eigenvalue weighted by molar-refractivity contribution is 7.93. The van der Waals surface area contributed by atoms with Crippen molar-refractivity contribution in [1.29, 1.82) is 0 Å². The van der Waals surface area contributed by atoms with Crippen molar-refractivity contribution < 1.29 is 26.7 Å². The van der Waals surface area contributed by atoms with Crippen molar-refractivity contribution in [3.8, 4) is 5.75 Å². The maximum Gasteiger partial charge on any atom is 0.416 e. The van der Waals surface area contributed by atoms with E-state index in [0.29, 0.717) is 17.5 Å². The summed E-state index contributed by atoms with van der Waals surface area (Å²) in [7, 11) is -4.26. The summed E-state index contributed by atoms with van der Waals surface area (Å²) in [5.41, 5.74) is -1.48. The molecule has 0 aliphatic rings. The smallest absolute Gasteiger partial charge is 0.416 e. The second-order valence-corrected chi connectivity index (χ2v) is 6.82. The third-order valence-electron chi connectivity index (χ3n) is 3.45. The topological polar surface area (TPSA) is 79.3 Å². The van der Waals surface area contributed by atoms with Crippen molar-refractivity contribution in [1.82, 2.24) is 4.98 Å². The fourth-order valence-electron chi connectivity index (χ4n) is 2.29. The lowest BCUT2D eigenvalue weighted by Gasteiger charge is -2.13. The number of hydrogen-bond donors (Lipinski definition) is 2. The van der Waals surface area contributed by atoms with Crippen molar-refractivity contribution in [2.45, 2.75) is 11.1 Å². The molecule has 0 unspecified atom stereocenters. The summed E-state index contributed by atoms with van der Waals surface area (Å²) >= 11 is 0. The van der Waals surface area contributed by atoms with Crippen LogP contribution < -0.4 is 4.72 Å². The monoisotopic (exact) mass is 368 g/mol. The number of nitrogens with zero attached hydrogens (tertiary/aromatic N) is 1. The van der Waals surface area contributed by atoms with Gasteiger partial charge in [0, 0.05) is 11.6 Å². The average Bonchev–Trinajstić information content (AvgIpc) is 2.55. The Kier molecular flexibility index (Phi) is 4.03. The van der Waals surface area contributed by atoms with Crippen molar-refractivity contribution >= 4 is 26.6 Å². The molecule has 2 N–H and O–H groups in total. The molecule has 0 fully saturated rings. The first-order chi connectivity index (χ1) is 11.7. The minimum absolute atomic E-state index is 0.170. The minimum atomic E-state index is -4.67. The Labute approximate surface area is 140 Å². The van der Waals surface area contributed by atoms with Crippen LogP contribution in [0.2, 0.25) is 0 Å². The molecule has 9 heteroatoms. The van der Waals surface area contributed by atoms with Crippen LogP contribution in [0.3, 0.4) is 0 Å². The van der Waals surface area contributed by atoms with Crippen LogP contribution in [0.25, 0.3) is 10.9 Å². The van der Waals surface area contributed by atoms with Crippen molar-refractivity contribution in [2.24, 2.45) is 0 Å². The number of pyridine rings is 1. The summed E-state index contributed by atoms with van der Waals surface area (Å²) in [6, 6.07) is 9.68. The van der Waals surface area contributed by atoms with Crippen LogP contribution in [0.15, 0.2) is 59.6 Å². The molecule has 0 aliphatic carbocycles. The highest BCUT2D eigenvalue weighted by atomic mass is 32.2. The van der Waals surface area contributed by atoms with Crippen LogP contribution in [0.4, 0.5) is 18.9 Å². The van der Waals surface area contributed by atoms with E-state index >= 15 is 0 Å². The molecule has 0 atom stereocenters. The van der Waals surface area contributed by atoms with Gasteiger partial charge in [-0.2, -0.15) is 13.2 Å². The molecule has 0 bridgehead atoms. The molecule has 1 aromatic heterocycles. The molecule has 3 aromatic rings. The van der Waals surface area contributed by atoms with Crippen molar-refractivity contribution in [3.05, 3.63) is 60.3 Å². The van der Waals surface area contributed by atoms with Crippen LogP contribution in [-0.2, 0) is 16.2 Å². The van der Waals surface area contributed by atoms with Gasteiger partial charge in [-0.3, -0.25) is 9.71 Å². The van der Waals surface area contributed by atoms with Gasteiger partial charge >= 0.3 is 6.18 Å². The number of nitrogens with one attached hydrogen (secondary N) is 1. The van der Waals surface area contributed by atoms with Crippen molar-refractivity contribution in [3.63, 3.8) is 0 Å². The number of halogens is 3. The average molecular weight is 368 g/mol. The number of fused-ring (bicyclic) bond motifs is 1. The molecule has 130 valence electrons. The van der Waals surface area contributed by atoms with E-state index in [1.165, 1.54) is 18.3 Å². The highest BCUT2D eigenvalue weighted by Gasteiger charge is 2.31. The fourth-order valence-corrected chi connectivity index (χ4v) is 3.53. The van der Waals surface area contributed by atoms with Gasteiger partial charge in [-0.25, -0.2) is 8.42 Å². The second kappa shape index (κ2) is 5.92. The number of aromatic hydroxyl groups is 1. The molecule has 5 nitrogen and oxygen atoms in total. The molecule has 2 aromatic carbocycles. The lowest BCUT2D eigenvalue weighted by Crippen LogP contribution is -2.15. The second-order valence-electron chi connectivity index (χ2n) is 5.17. The summed E-state index contributed by atoms with van der Waals surface area (Å²) in [6.07, 6.45) is -3.27. The van der Waals surface area contributed by atoms with E-state index in [4.69, 9.17) is 0 Å². The van der Waals surface area contributed by atoms with E-state index in [-0.39, 0.29) is 10.4 Å². The summed E-state index contributed by atoms with van der Waals surface area (Å²) in [5, 5.41) is 10.3. The summed E-state index contributed by atoms with van der Waals surface area (Å²) in [5.74, 6) is -0.621.